The Morgan fingerprint density at radius 1 is 1.30 bits per heavy atom. The van der Waals surface area contributed by atoms with Gasteiger partial charge in [0.1, 0.15) is 17.0 Å². The number of hydrogen-bond acceptors (Lipinski definition) is 6. The van der Waals surface area contributed by atoms with Gasteiger partial charge in [0, 0.05) is 36.5 Å². The number of hydrogen-bond donors (Lipinski definition) is 1. The third-order valence-corrected chi connectivity index (χ3v) is 7.48. The summed E-state index contributed by atoms with van der Waals surface area (Å²) in [6, 6.07) is 0.321. The molecule has 0 saturated carbocycles. The molecular weight excluding hydrogens is 358 g/mol. The molecule has 1 amide bonds. The first-order valence-electron chi connectivity index (χ1n) is 9.95. The van der Waals surface area contributed by atoms with Gasteiger partial charge in [-0.05, 0) is 58.1 Å². The van der Waals surface area contributed by atoms with Gasteiger partial charge in [-0.2, -0.15) is 0 Å². The number of carbonyl (C=O) groups excluding carboxylic acids is 1. The van der Waals surface area contributed by atoms with Crippen molar-refractivity contribution in [1.29, 1.82) is 0 Å². The van der Waals surface area contributed by atoms with Gasteiger partial charge < -0.3 is 15.5 Å². The Balaban J connectivity index is 1.46. The molecule has 2 aliphatic heterocycles. The number of aryl methyl sites for hydroxylation is 2. The summed E-state index contributed by atoms with van der Waals surface area (Å²) in [6.07, 6.45) is 4.49. The quantitative estimate of drug-likeness (QED) is 0.876. The zero-order valence-corrected chi connectivity index (χ0v) is 17.3. The smallest absolute Gasteiger partial charge is 0.226 e. The molecule has 27 heavy (non-hydrogen) atoms. The van der Waals surface area contributed by atoms with E-state index in [9.17, 15) is 4.79 Å². The molecule has 2 N–H and O–H groups in total. The number of thiophene rings is 1. The monoisotopic (exact) mass is 387 g/mol. The summed E-state index contributed by atoms with van der Waals surface area (Å²) in [4.78, 5) is 28.8. The maximum atomic E-state index is 13.0. The fourth-order valence-electron chi connectivity index (χ4n) is 4.60. The van der Waals surface area contributed by atoms with Crippen molar-refractivity contribution >= 4 is 33.3 Å². The molecular formula is C20H29N5OS. The van der Waals surface area contributed by atoms with Gasteiger partial charge >= 0.3 is 0 Å². The lowest BCUT2D eigenvalue weighted by molar-refractivity contribution is -0.136. The minimum atomic E-state index is 0.128. The van der Waals surface area contributed by atoms with E-state index in [1.54, 1.807) is 17.7 Å². The van der Waals surface area contributed by atoms with Crippen molar-refractivity contribution < 1.29 is 4.79 Å². The van der Waals surface area contributed by atoms with E-state index in [4.69, 9.17) is 5.73 Å². The molecule has 2 unspecified atom stereocenters. The Morgan fingerprint density at radius 3 is 2.70 bits per heavy atom. The Kier molecular flexibility index (Phi) is 5.07. The highest BCUT2D eigenvalue weighted by atomic mass is 32.1. The minimum absolute atomic E-state index is 0.128. The summed E-state index contributed by atoms with van der Waals surface area (Å²) in [5.41, 5.74) is 7.10. The van der Waals surface area contributed by atoms with E-state index in [1.807, 2.05) is 0 Å². The Hall–Kier alpha value is -1.73. The minimum Gasteiger partial charge on any atom is -0.356 e. The van der Waals surface area contributed by atoms with Crippen LogP contribution in [-0.4, -0.2) is 53.0 Å². The largest absolute Gasteiger partial charge is 0.356 e. The van der Waals surface area contributed by atoms with Crippen LogP contribution in [0.5, 0.6) is 0 Å². The van der Waals surface area contributed by atoms with Crippen molar-refractivity contribution in [2.75, 3.05) is 31.1 Å². The van der Waals surface area contributed by atoms with Gasteiger partial charge in [0.05, 0.1) is 5.39 Å². The van der Waals surface area contributed by atoms with Gasteiger partial charge in [-0.25, -0.2) is 9.97 Å². The highest BCUT2D eigenvalue weighted by molar-refractivity contribution is 7.18. The predicted molar refractivity (Wildman–Crippen MR) is 110 cm³/mol. The number of likely N-dealkylation sites (tertiary alicyclic amines) is 1. The molecule has 2 saturated heterocycles. The Labute approximate surface area is 164 Å². The lowest BCUT2D eigenvalue weighted by Gasteiger charge is -2.35. The number of nitrogens with two attached hydrogens (primary N) is 1. The number of rotatable bonds is 3. The third kappa shape index (κ3) is 3.31. The van der Waals surface area contributed by atoms with Gasteiger partial charge in [-0.1, -0.05) is 0 Å². The molecule has 0 bridgehead atoms. The van der Waals surface area contributed by atoms with Gasteiger partial charge in [-0.15, -0.1) is 11.3 Å². The van der Waals surface area contributed by atoms with Crippen LogP contribution in [0.2, 0.25) is 0 Å². The third-order valence-electron chi connectivity index (χ3n) is 6.37. The molecule has 2 aromatic rings. The van der Waals surface area contributed by atoms with E-state index < -0.39 is 0 Å². The van der Waals surface area contributed by atoms with E-state index in [2.05, 4.69) is 40.5 Å². The summed E-state index contributed by atoms with van der Waals surface area (Å²) in [5, 5.41) is 1.18. The van der Waals surface area contributed by atoms with Crippen molar-refractivity contribution in [2.45, 2.75) is 46.1 Å². The standard InChI is InChI=1S/C20H29N5OS/c1-12-8-15(9-21)10-25(12)20(26)16-4-6-24(7-5-16)18-17-13(2)14(3)27-19(17)23-11-22-18/h11-12,15-16H,4-10,21H2,1-3H3. The molecule has 0 aromatic carbocycles. The van der Waals surface area contributed by atoms with Crippen molar-refractivity contribution in [3.63, 3.8) is 0 Å². The molecule has 146 valence electrons. The van der Waals surface area contributed by atoms with Gasteiger partial charge in [0.15, 0.2) is 0 Å². The highest BCUT2D eigenvalue weighted by Gasteiger charge is 2.36. The zero-order valence-electron chi connectivity index (χ0n) is 16.4. The second kappa shape index (κ2) is 7.36. The molecule has 2 atom stereocenters. The van der Waals surface area contributed by atoms with Crippen LogP contribution in [0, 0.1) is 25.7 Å². The summed E-state index contributed by atoms with van der Waals surface area (Å²) in [6.45, 7) is 9.70. The van der Waals surface area contributed by atoms with E-state index in [1.165, 1.54) is 15.8 Å². The van der Waals surface area contributed by atoms with E-state index in [0.29, 0.717) is 24.4 Å². The van der Waals surface area contributed by atoms with Crippen molar-refractivity contribution in [3.05, 3.63) is 16.8 Å². The number of anilines is 1. The average Bonchev–Trinajstić information content (AvgIpc) is 3.21. The van der Waals surface area contributed by atoms with Crippen LogP contribution in [0.4, 0.5) is 5.82 Å². The Bertz CT molecular complexity index is 842. The molecule has 0 spiro atoms. The zero-order chi connectivity index (χ0) is 19.1. The van der Waals surface area contributed by atoms with E-state index in [0.717, 1.165) is 49.5 Å². The predicted octanol–water partition coefficient (Wildman–Crippen LogP) is 2.72. The van der Waals surface area contributed by atoms with Gasteiger partial charge in [0.2, 0.25) is 5.91 Å². The van der Waals surface area contributed by atoms with Crippen LogP contribution in [-0.2, 0) is 4.79 Å². The van der Waals surface area contributed by atoms with Crippen molar-refractivity contribution in [3.8, 4) is 0 Å². The Morgan fingerprint density at radius 2 is 2.04 bits per heavy atom. The van der Waals surface area contributed by atoms with E-state index in [-0.39, 0.29) is 5.92 Å². The van der Waals surface area contributed by atoms with Crippen LogP contribution in [0.15, 0.2) is 6.33 Å². The maximum Gasteiger partial charge on any atom is 0.226 e. The summed E-state index contributed by atoms with van der Waals surface area (Å²) in [7, 11) is 0. The number of nitrogens with zero attached hydrogens (tertiary/aromatic N) is 4. The normalized spacial score (nSPS) is 24.1. The summed E-state index contributed by atoms with van der Waals surface area (Å²) in [5.74, 6) is 1.95. The van der Waals surface area contributed by atoms with Crippen LogP contribution < -0.4 is 10.6 Å². The first-order valence-corrected chi connectivity index (χ1v) is 10.8. The number of fused-ring (bicyclic) bond motifs is 1. The second-order valence-electron chi connectivity index (χ2n) is 8.10. The maximum absolute atomic E-state index is 13.0. The highest BCUT2D eigenvalue weighted by Crippen LogP contribution is 2.36. The molecule has 2 aliphatic rings. The van der Waals surface area contributed by atoms with Crippen molar-refractivity contribution in [2.24, 2.45) is 17.6 Å². The molecule has 0 aliphatic carbocycles. The number of aromatic nitrogens is 2. The topological polar surface area (TPSA) is 75.4 Å². The molecule has 4 rings (SSSR count). The fraction of sp³-hybridized carbons (Fsp3) is 0.650. The van der Waals surface area contributed by atoms with Gasteiger partial charge in [0.25, 0.3) is 0 Å². The van der Waals surface area contributed by atoms with Crippen LogP contribution in [0.25, 0.3) is 10.2 Å². The number of piperidine rings is 1. The second-order valence-corrected chi connectivity index (χ2v) is 9.30. The van der Waals surface area contributed by atoms with Crippen LogP contribution >= 0.6 is 11.3 Å². The lowest BCUT2D eigenvalue weighted by atomic mass is 9.94. The van der Waals surface area contributed by atoms with E-state index >= 15 is 0 Å². The molecule has 6 nitrogen and oxygen atoms in total. The SMILES string of the molecule is Cc1sc2ncnc(N3CCC(C(=O)N4CC(CN)CC4C)CC3)c2c1C. The molecule has 4 heterocycles. The molecule has 0 radical (unpaired) electrons. The molecule has 2 aromatic heterocycles. The fourth-order valence-corrected chi connectivity index (χ4v) is 5.59. The molecule has 7 heteroatoms. The average molecular weight is 388 g/mol. The number of carbonyl (C=O) groups is 1. The van der Waals surface area contributed by atoms with Gasteiger partial charge in [-0.3, -0.25) is 4.79 Å². The first-order chi connectivity index (χ1) is 13.0. The van der Waals surface area contributed by atoms with Crippen LogP contribution in [0.1, 0.15) is 36.6 Å². The van der Waals surface area contributed by atoms with Crippen molar-refractivity contribution in [1.82, 2.24) is 14.9 Å². The summed E-state index contributed by atoms with van der Waals surface area (Å²) >= 11 is 1.73. The first kappa shape index (κ1) is 18.6. The number of amides is 1. The summed E-state index contributed by atoms with van der Waals surface area (Å²) < 4.78 is 0. The lowest BCUT2D eigenvalue weighted by Crippen LogP contribution is -2.44. The van der Waals surface area contributed by atoms with Crippen LogP contribution in [0.3, 0.4) is 0 Å². The molecule has 2 fully saturated rings.